The van der Waals surface area contributed by atoms with Crippen LogP contribution >= 0.6 is 11.6 Å². The molecule has 0 unspecified atom stereocenters. The lowest BCUT2D eigenvalue weighted by Gasteiger charge is -2.12. The van der Waals surface area contributed by atoms with Crippen molar-refractivity contribution in [2.45, 2.75) is 6.42 Å². The molecule has 0 radical (unpaired) electrons. The first kappa shape index (κ1) is 13.0. The van der Waals surface area contributed by atoms with Gasteiger partial charge in [0.2, 0.25) is 0 Å². The van der Waals surface area contributed by atoms with Crippen LogP contribution in [0, 0.1) is 0 Å². The predicted molar refractivity (Wildman–Crippen MR) is 75.9 cm³/mol. The number of anilines is 1. The molecule has 0 amide bonds. The lowest BCUT2D eigenvalue weighted by molar-refractivity contribution is 0.297. The Kier molecular flexibility index (Phi) is 3.58. The molecule has 104 valence electrons. The van der Waals surface area contributed by atoms with Gasteiger partial charge in [-0.3, -0.25) is 4.98 Å². The summed E-state index contributed by atoms with van der Waals surface area (Å²) in [5.41, 5.74) is 3.89. The van der Waals surface area contributed by atoms with E-state index in [0.29, 0.717) is 41.2 Å². The zero-order valence-electron chi connectivity index (χ0n) is 10.6. The number of ether oxygens (including phenoxy) is 2. The summed E-state index contributed by atoms with van der Waals surface area (Å²) in [4.78, 5) is 8.39. The van der Waals surface area contributed by atoms with Crippen molar-refractivity contribution in [2.75, 3.05) is 18.6 Å². The molecule has 1 aliphatic heterocycles. The largest absolute Gasteiger partial charge is 0.489 e. The maximum absolute atomic E-state index is 6.26. The van der Waals surface area contributed by atoms with Crippen molar-refractivity contribution in [2.24, 2.45) is 5.84 Å². The van der Waals surface area contributed by atoms with Crippen molar-refractivity contribution in [1.82, 2.24) is 9.97 Å². The normalized spacial score (nSPS) is 13.7. The third-order valence-electron chi connectivity index (χ3n) is 2.91. The molecule has 0 spiro atoms. The van der Waals surface area contributed by atoms with Crippen LogP contribution in [0.25, 0.3) is 11.3 Å². The molecule has 0 saturated heterocycles. The molecule has 0 aliphatic carbocycles. The van der Waals surface area contributed by atoms with Crippen molar-refractivity contribution in [3.8, 4) is 22.8 Å². The zero-order chi connectivity index (χ0) is 13.9. The Bertz CT molecular complexity index is 636. The third-order valence-corrected chi connectivity index (χ3v) is 3.19. The van der Waals surface area contributed by atoms with Crippen LogP contribution in [0.3, 0.4) is 0 Å². The van der Waals surface area contributed by atoms with Crippen LogP contribution in [-0.4, -0.2) is 23.2 Å². The second-order valence-corrected chi connectivity index (χ2v) is 4.64. The minimum Gasteiger partial charge on any atom is -0.489 e. The molecule has 6 nitrogen and oxygen atoms in total. The molecule has 1 aromatic heterocycles. The van der Waals surface area contributed by atoms with Gasteiger partial charge in [0, 0.05) is 24.4 Å². The van der Waals surface area contributed by atoms with Crippen LogP contribution in [-0.2, 0) is 0 Å². The van der Waals surface area contributed by atoms with Gasteiger partial charge in [0.1, 0.15) is 5.69 Å². The van der Waals surface area contributed by atoms with Gasteiger partial charge in [0.25, 0.3) is 0 Å². The van der Waals surface area contributed by atoms with Crippen LogP contribution in [0.5, 0.6) is 11.5 Å². The molecule has 7 heteroatoms. The Balaban J connectivity index is 2.11. The second kappa shape index (κ2) is 5.52. The summed E-state index contributed by atoms with van der Waals surface area (Å²) in [5, 5.41) is 0.480. The van der Waals surface area contributed by atoms with E-state index in [2.05, 4.69) is 15.4 Å². The van der Waals surface area contributed by atoms with Gasteiger partial charge in [-0.2, -0.15) is 0 Å². The molecule has 20 heavy (non-hydrogen) atoms. The van der Waals surface area contributed by atoms with Crippen molar-refractivity contribution in [1.29, 1.82) is 0 Å². The summed E-state index contributed by atoms with van der Waals surface area (Å²) in [6, 6.07) is 3.59. The Labute approximate surface area is 120 Å². The number of benzene rings is 1. The number of hydrazine groups is 1. The van der Waals surface area contributed by atoms with E-state index in [0.717, 1.165) is 12.0 Å². The summed E-state index contributed by atoms with van der Waals surface area (Å²) in [6.07, 6.45) is 3.97. The average molecular weight is 293 g/mol. The topological polar surface area (TPSA) is 82.3 Å². The lowest BCUT2D eigenvalue weighted by atomic mass is 10.1. The number of nitrogen functional groups attached to an aromatic ring is 1. The number of fused-ring (bicyclic) bond motifs is 1. The zero-order valence-corrected chi connectivity index (χ0v) is 11.4. The van der Waals surface area contributed by atoms with Gasteiger partial charge in [0.15, 0.2) is 17.3 Å². The summed E-state index contributed by atoms with van der Waals surface area (Å²) < 4.78 is 11.2. The Hall–Kier alpha value is -2.05. The third kappa shape index (κ3) is 2.35. The molecule has 1 aliphatic rings. The number of hydrogen-bond donors (Lipinski definition) is 2. The summed E-state index contributed by atoms with van der Waals surface area (Å²) in [6.45, 7) is 1.18. The fraction of sp³-hybridized carbons (Fsp3) is 0.231. The first-order chi connectivity index (χ1) is 9.79. The van der Waals surface area contributed by atoms with Crippen LogP contribution < -0.4 is 20.7 Å². The minimum atomic E-state index is 0.470. The average Bonchev–Trinajstić information content (AvgIpc) is 2.73. The molecule has 2 heterocycles. The van der Waals surface area contributed by atoms with Gasteiger partial charge in [-0.1, -0.05) is 11.6 Å². The highest BCUT2D eigenvalue weighted by Crippen LogP contribution is 2.41. The summed E-state index contributed by atoms with van der Waals surface area (Å²) in [5.74, 6) is 7.10. The van der Waals surface area contributed by atoms with E-state index in [1.807, 2.05) is 6.07 Å². The van der Waals surface area contributed by atoms with Gasteiger partial charge >= 0.3 is 0 Å². The lowest BCUT2D eigenvalue weighted by Crippen LogP contribution is -2.10. The van der Waals surface area contributed by atoms with E-state index >= 15 is 0 Å². The highest BCUT2D eigenvalue weighted by molar-refractivity contribution is 6.32. The standard InChI is InChI=1S/C13H13ClN4O2/c14-9-6-8(11-13(18-15)17-3-2-16-11)7-10-12(9)20-5-1-4-19-10/h2-3,6-7H,1,4-5,15H2,(H,17,18). The molecule has 1 aromatic carbocycles. The van der Waals surface area contributed by atoms with Crippen molar-refractivity contribution >= 4 is 17.4 Å². The maximum atomic E-state index is 6.26. The monoisotopic (exact) mass is 292 g/mol. The minimum absolute atomic E-state index is 0.470. The Morgan fingerprint density at radius 2 is 1.95 bits per heavy atom. The van der Waals surface area contributed by atoms with E-state index < -0.39 is 0 Å². The highest BCUT2D eigenvalue weighted by atomic mass is 35.5. The van der Waals surface area contributed by atoms with E-state index in [1.54, 1.807) is 18.5 Å². The summed E-state index contributed by atoms with van der Waals surface area (Å²) in [7, 11) is 0. The predicted octanol–water partition coefficient (Wildman–Crippen LogP) is 2.24. The molecular formula is C13H13ClN4O2. The van der Waals surface area contributed by atoms with Crippen LogP contribution in [0.2, 0.25) is 5.02 Å². The molecule has 0 fully saturated rings. The number of halogens is 1. The fourth-order valence-corrected chi connectivity index (χ4v) is 2.29. The molecule has 3 N–H and O–H groups in total. The van der Waals surface area contributed by atoms with E-state index in [1.165, 1.54) is 0 Å². The quantitative estimate of drug-likeness (QED) is 0.652. The molecule has 0 saturated carbocycles. The van der Waals surface area contributed by atoms with Crippen molar-refractivity contribution in [3.05, 3.63) is 29.5 Å². The van der Waals surface area contributed by atoms with Crippen molar-refractivity contribution in [3.63, 3.8) is 0 Å². The summed E-state index contributed by atoms with van der Waals surface area (Å²) >= 11 is 6.26. The van der Waals surface area contributed by atoms with Gasteiger partial charge in [-0.15, -0.1) is 0 Å². The molecule has 0 atom stereocenters. The number of nitrogens with one attached hydrogen (secondary N) is 1. The van der Waals surface area contributed by atoms with Crippen LogP contribution in [0.1, 0.15) is 6.42 Å². The van der Waals surface area contributed by atoms with Gasteiger partial charge in [-0.05, 0) is 12.1 Å². The number of nitrogens with two attached hydrogens (primary N) is 1. The number of hydrogen-bond acceptors (Lipinski definition) is 6. The second-order valence-electron chi connectivity index (χ2n) is 4.23. The van der Waals surface area contributed by atoms with Gasteiger partial charge in [0.05, 0.1) is 18.2 Å². The molecule has 0 bridgehead atoms. The van der Waals surface area contributed by atoms with Crippen LogP contribution in [0.4, 0.5) is 5.82 Å². The van der Waals surface area contributed by atoms with E-state index in [9.17, 15) is 0 Å². The fourth-order valence-electron chi connectivity index (χ4n) is 2.02. The van der Waals surface area contributed by atoms with Crippen molar-refractivity contribution < 1.29 is 9.47 Å². The van der Waals surface area contributed by atoms with E-state index in [-0.39, 0.29) is 0 Å². The van der Waals surface area contributed by atoms with Gasteiger partial charge < -0.3 is 14.9 Å². The number of nitrogens with zero attached hydrogens (tertiary/aromatic N) is 2. The Morgan fingerprint density at radius 1 is 1.15 bits per heavy atom. The van der Waals surface area contributed by atoms with Gasteiger partial charge in [-0.25, -0.2) is 10.8 Å². The molecule has 3 rings (SSSR count). The molecule has 2 aromatic rings. The molecular weight excluding hydrogens is 280 g/mol. The SMILES string of the molecule is NNc1nccnc1-c1cc(Cl)c2c(c1)OCCCO2. The Morgan fingerprint density at radius 3 is 2.80 bits per heavy atom. The smallest absolute Gasteiger partial charge is 0.179 e. The van der Waals surface area contributed by atoms with E-state index in [4.69, 9.17) is 26.9 Å². The highest BCUT2D eigenvalue weighted by Gasteiger charge is 2.18. The van der Waals surface area contributed by atoms with Crippen LogP contribution in [0.15, 0.2) is 24.5 Å². The first-order valence-corrected chi connectivity index (χ1v) is 6.54. The number of rotatable bonds is 2. The maximum Gasteiger partial charge on any atom is 0.179 e. The first-order valence-electron chi connectivity index (χ1n) is 6.16. The number of aromatic nitrogens is 2.